The van der Waals surface area contributed by atoms with Crippen molar-refractivity contribution in [3.05, 3.63) is 24.1 Å². The molecule has 2 amide bonds. The fourth-order valence-corrected chi connectivity index (χ4v) is 5.91. The lowest BCUT2D eigenvalue weighted by Gasteiger charge is -2.49. The maximum absolute atomic E-state index is 13.8. The van der Waals surface area contributed by atoms with E-state index >= 15 is 0 Å². The van der Waals surface area contributed by atoms with E-state index in [9.17, 15) is 9.59 Å². The van der Waals surface area contributed by atoms with Gasteiger partial charge < -0.3 is 19.2 Å². The molecule has 0 radical (unpaired) electrons. The molecule has 2 saturated carbocycles. The van der Waals surface area contributed by atoms with E-state index in [-0.39, 0.29) is 23.9 Å². The van der Waals surface area contributed by atoms with Crippen LogP contribution in [0.1, 0.15) is 88.0 Å². The summed E-state index contributed by atoms with van der Waals surface area (Å²) < 4.78 is 7.56. The molecule has 0 saturated heterocycles. The van der Waals surface area contributed by atoms with Crippen LogP contribution in [0, 0.1) is 0 Å². The number of aromatic nitrogens is 1. The predicted octanol–water partition coefficient (Wildman–Crippen LogP) is 4.62. The average molecular weight is 412 g/mol. The van der Waals surface area contributed by atoms with Gasteiger partial charge in [-0.15, -0.1) is 0 Å². The molecule has 6 heteroatoms. The largest absolute Gasteiger partial charge is 0.463 e. The highest BCUT2D eigenvalue weighted by Crippen LogP contribution is 2.37. The highest BCUT2D eigenvalue weighted by Gasteiger charge is 2.51. The van der Waals surface area contributed by atoms with Gasteiger partial charge in [-0.2, -0.15) is 0 Å². The molecule has 0 unspecified atom stereocenters. The van der Waals surface area contributed by atoms with Crippen molar-refractivity contribution in [3.8, 4) is 0 Å². The molecule has 2 fully saturated rings. The lowest BCUT2D eigenvalue weighted by atomic mass is 9.86. The summed E-state index contributed by atoms with van der Waals surface area (Å²) >= 11 is 0. The van der Waals surface area contributed by atoms with E-state index in [0.29, 0.717) is 12.2 Å². The van der Waals surface area contributed by atoms with E-state index in [1.54, 1.807) is 6.26 Å². The lowest BCUT2D eigenvalue weighted by Crippen LogP contribution is -2.67. The van der Waals surface area contributed by atoms with Crippen molar-refractivity contribution in [1.82, 2.24) is 14.8 Å². The fourth-order valence-electron chi connectivity index (χ4n) is 5.91. The molecule has 2 aromatic rings. The van der Waals surface area contributed by atoms with Crippen molar-refractivity contribution in [2.75, 3.05) is 0 Å². The van der Waals surface area contributed by atoms with E-state index in [2.05, 4.69) is 5.32 Å². The maximum Gasteiger partial charge on any atom is 0.271 e. The van der Waals surface area contributed by atoms with Gasteiger partial charge in [0.15, 0.2) is 5.58 Å². The normalized spacial score (nSPS) is 26.6. The van der Waals surface area contributed by atoms with Crippen LogP contribution in [0.15, 0.2) is 22.8 Å². The number of carbonyl (C=O) groups excluding carboxylic acids is 2. The van der Waals surface area contributed by atoms with Crippen LogP contribution in [0.25, 0.3) is 11.1 Å². The first-order valence-corrected chi connectivity index (χ1v) is 11.8. The molecule has 0 spiro atoms. The molecule has 1 aliphatic heterocycles. The molecule has 3 heterocycles. The van der Waals surface area contributed by atoms with Crippen LogP contribution in [0.3, 0.4) is 0 Å². The van der Waals surface area contributed by atoms with Gasteiger partial charge in [0, 0.05) is 24.2 Å². The van der Waals surface area contributed by atoms with Crippen molar-refractivity contribution in [2.45, 2.75) is 102 Å². The van der Waals surface area contributed by atoms with E-state index < -0.39 is 5.54 Å². The summed E-state index contributed by atoms with van der Waals surface area (Å²) in [4.78, 5) is 29.4. The van der Waals surface area contributed by atoms with Crippen LogP contribution >= 0.6 is 0 Å². The topological polar surface area (TPSA) is 67.5 Å². The zero-order chi connectivity index (χ0) is 20.7. The Bertz CT molecular complexity index is 931. The Morgan fingerprint density at radius 1 is 1.07 bits per heavy atom. The molecule has 6 nitrogen and oxygen atoms in total. The minimum Gasteiger partial charge on any atom is -0.463 e. The molecule has 0 aromatic carbocycles. The van der Waals surface area contributed by atoms with E-state index in [1.807, 2.05) is 28.5 Å². The first-order valence-electron chi connectivity index (χ1n) is 11.8. The van der Waals surface area contributed by atoms with E-state index in [4.69, 9.17) is 4.42 Å². The third-order valence-electron chi connectivity index (χ3n) is 7.58. The summed E-state index contributed by atoms with van der Waals surface area (Å²) in [6.45, 7) is 2.45. The first kappa shape index (κ1) is 19.7. The molecule has 5 rings (SSSR count). The second-order valence-corrected chi connectivity index (χ2v) is 9.69. The Balaban J connectivity index is 1.51. The van der Waals surface area contributed by atoms with Crippen LogP contribution in [-0.4, -0.2) is 38.9 Å². The third kappa shape index (κ3) is 3.25. The highest BCUT2D eigenvalue weighted by atomic mass is 16.3. The number of fused-ring (bicyclic) bond motifs is 3. The van der Waals surface area contributed by atoms with Gasteiger partial charge in [-0.1, -0.05) is 44.9 Å². The highest BCUT2D eigenvalue weighted by molar-refractivity contribution is 6.03. The van der Waals surface area contributed by atoms with E-state index in [0.717, 1.165) is 49.6 Å². The SMILES string of the molecule is C[C@]1(C(=O)NC2CCCCCC2)Cn2c(cc3occc32)C(=O)N1C1CCCCC1. The van der Waals surface area contributed by atoms with Gasteiger partial charge in [0.2, 0.25) is 5.91 Å². The Morgan fingerprint density at radius 3 is 2.47 bits per heavy atom. The molecule has 2 aromatic heterocycles. The molecular weight excluding hydrogens is 378 g/mol. The van der Waals surface area contributed by atoms with Crippen molar-refractivity contribution in [1.29, 1.82) is 0 Å². The molecule has 30 heavy (non-hydrogen) atoms. The van der Waals surface area contributed by atoms with Gasteiger partial charge in [-0.25, -0.2) is 0 Å². The van der Waals surface area contributed by atoms with Gasteiger partial charge in [0.25, 0.3) is 5.91 Å². The van der Waals surface area contributed by atoms with Crippen molar-refractivity contribution in [3.63, 3.8) is 0 Å². The monoisotopic (exact) mass is 411 g/mol. The Morgan fingerprint density at radius 2 is 1.73 bits per heavy atom. The summed E-state index contributed by atoms with van der Waals surface area (Å²) in [5.74, 6) is -0.0256. The van der Waals surface area contributed by atoms with Gasteiger partial charge in [-0.3, -0.25) is 9.59 Å². The summed E-state index contributed by atoms with van der Waals surface area (Å²) in [7, 11) is 0. The number of furan rings is 1. The van der Waals surface area contributed by atoms with Crippen LogP contribution < -0.4 is 5.32 Å². The predicted molar refractivity (Wildman–Crippen MR) is 115 cm³/mol. The minimum atomic E-state index is -0.887. The molecule has 2 aliphatic carbocycles. The summed E-state index contributed by atoms with van der Waals surface area (Å²) in [6.07, 6.45) is 14.0. The van der Waals surface area contributed by atoms with Gasteiger partial charge in [0.1, 0.15) is 11.2 Å². The molecule has 162 valence electrons. The third-order valence-corrected chi connectivity index (χ3v) is 7.58. The average Bonchev–Trinajstić information content (AvgIpc) is 3.24. The van der Waals surface area contributed by atoms with Gasteiger partial charge in [0.05, 0.1) is 18.3 Å². The van der Waals surface area contributed by atoms with Crippen LogP contribution in [0.4, 0.5) is 0 Å². The molecular formula is C24H33N3O3. The Hall–Kier alpha value is -2.24. The number of nitrogens with one attached hydrogen (secondary N) is 1. The minimum absolute atomic E-state index is 0.00400. The number of amides is 2. The molecule has 1 N–H and O–H groups in total. The lowest BCUT2D eigenvalue weighted by molar-refractivity contribution is -0.135. The number of rotatable bonds is 3. The van der Waals surface area contributed by atoms with Crippen molar-refractivity contribution in [2.24, 2.45) is 0 Å². The second kappa shape index (κ2) is 7.78. The molecule has 1 atom stereocenters. The number of hydrogen-bond acceptors (Lipinski definition) is 3. The van der Waals surface area contributed by atoms with Crippen molar-refractivity contribution >= 4 is 22.9 Å². The first-order chi connectivity index (χ1) is 14.6. The maximum atomic E-state index is 13.8. The zero-order valence-corrected chi connectivity index (χ0v) is 18.0. The summed E-state index contributed by atoms with van der Waals surface area (Å²) in [6, 6.07) is 4.09. The van der Waals surface area contributed by atoms with Gasteiger partial charge in [-0.05, 0) is 32.6 Å². The number of nitrogens with zero attached hydrogens (tertiary/aromatic N) is 2. The summed E-state index contributed by atoms with van der Waals surface area (Å²) in [5, 5.41) is 3.35. The van der Waals surface area contributed by atoms with Crippen molar-refractivity contribution < 1.29 is 14.0 Å². The van der Waals surface area contributed by atoms with Crippen LogP contribution in [0.5, 0.6) is 0 Å². The quantitative estimate of drug-likeness (QED) is 0.750. The second-order valence-electron chi connectivity index (χ2n) is 9.69. The van der Waals surface area contributed by atoms with E-state index in [1.165, 1.54) is 32.1 Å². The van der Waals surface area contributed by atoms with Crippen LogP contribution in [-0.2, 0) is 11.3 Å². The summed E-state index contributed by atoms with van der Waals surface area (Å²) in [5.41, 5.74) is 1.38. The standard InChI is InChI=1S/C24H33N3O3/c1-24(23(29)25-17-9-5-2-3-6-10-17)16-26-19-13-14-30-21(19)15-20(26)22(28)27(24)18-11-7-4-8-12-18/h13-15,17-18H,2-12,16H2,1H3,(H,25,29)/t24-/m1/s1. The Kier molecular flexibility index (Phi) is 5.11. The van der Waals surface area contributed by atoms with Crippen LogP contribution in [0.2, 0.25) is 0 Å². The number of hydrogen-bond donors (Lipinski definition) is 1. The molecule has 3 aliphatic rings. The van der Waals surface area contributed by atoms with Gasteiger partial charge >= 0.3 is 0 Å². The zero-order valence-electron chi connectivity index (χ0n) is 18.0. The smallest absolute Gasteiger partial charge is 0.271 e. The fraction of sp³-hybridized carbons (Fsp3) is 0.667. The Labute approximate surface area is 178 Å². The number of carbonyl (C=O) groups is 2. The molecule has 0 bridgehead atoms.